The SMILES string of the molecule is CNCCN(C)C(=O)OCc1ccc(N[B]C(=O)CP)cc1. The Morgan fingerprint density at radius 1 is 1.32 bits per heavy atom. The van der Waals surface area contributed by atoms with Crippen molar-refractivity contribution < 1.29 is 14.3 Å². The van der Waals surface area contributed by atoms with E-state index in [1.807, 2.05) is 31.3 Å². The first-order chi connectivity index (χ1) is 10.6. The number of hydrogen-bond acceptors (Lipinski definition) is 5. The number of nitrogens with zero attached hydrogens (tertiary/aromatic N) is 1. The second kappa shape index (κ2) is 10.2. The topological polar surface area (TPSA) is 70.7 Å². The van der Waals surface area contributed by atoms with E-state index in [0.717, 1.165) is 17.8 Å². The molecule has 22 heavy (non-hydrogen) atoms. The molecule has 0 saturated heterocycles. The molecule has 6 nitrogen and oxygen atoms in total. The van der Waals surface area contributed by atoms with E-state index in [2.05, 4.69) is 19.8 Å². The Kier molecular flexibility index (Phi) is 8.55. The van der Waals surface area contributed by atoms with Crippen LogP contribution in [0.3, 0.4) is 0 Å². The minimum Gasteiger partial charge on any atom is -0.445 e. The molecule has 0 saturated carbocycles. The van der Waals surface area contributed by atoms with E-state index in [1.54, 1.807) is 7.05 Å². The highest BCUT2D eigenvalue weighted by atomic mass is 31.0. The van der Waals surface area contributed by atoms with Crippen molar-refractivity contribution in [3.63, 3.8) is 0 Å². The molecule has 1 radical (unpaired) electrons. The highest BCUT2D eigenvalue weighted by Gasteiger charge is 2.09. The standard InChI is InChI=1S/C14H22BN3O3P/c1-16-7-8-18(2)14(20)21-9-11-3-5-12(6-4-11)17-15-13(19)10-22/h3-6,16-17H,7-10,22H2,1-2H3. The fourth-order valence-electron chi connectivity index (χ4n) is 1.55. The smallest absolute Gasteiger partial charge is 0.409 e. The minimum atomic E-state index is -0.350. The van der Waals surface area contributed by atoms with E-state index in [4.69, 9.17) is 4.74 Å². The number of carbonyl (C=O) groups is 2. The van der Waals surface area contributed by atoms with Crippen molar-refractivity contribution in [3.05, 3.63) is 29.8 Å². The number of rotatable bonds is 9. The molecule has 1 amide bonds. The Labute approximate surface area is 134 Å². The van der Waals surface area contributed by atoms with Crippen LogP contribution in [0.2, 0.25) is 0 Å². The molecule has 0 aliphatic rings. The van der Waals surface area contributed by atoms with Crippen molar-refractivity contribution in [2.75, 3.05) is 38.6 Å². The lowest BCUT2D eigenvalue weighted by Gasteiger charge is -2.16. The molecule has 2 N–H and O–H groups in total. The third-order valence-corrected chi connectivity index (χ3v) is 3.33. The molecule has 0 aromatic heterocycles. The van der Waals surface area contributed by atoms with Crippen LogP contribution in [0.1, 0.15) is 5.56 Å². The van der Waals surface area contributed by atoms with Crippen LogP contribution in [0.4, 0.5) is 10.5 Å². The predicted octanol–water partition coefficient (Wildman–Crippen LogP) is 0.907. The first-order valence-electron chi connectivity index (χ1n) is 7.01. The zero-order valence-corrected chi connectivity index (χ0v) is 14.1. The molecule has 1 rings (SSSR count). The Morgan fingerprint density at radius 3 is 2.59 bits per heavy atom. The van der Waals surface area contributed by atoms with Gasteiger partial charge >= 0.3 is 13.5 Å². The van der Waals surface area contributed by atoms with E-state index in [-0.39, 0.29) is 18.4 Å². The van der Waals surface area contributed by atoms with E-state index >= 15 is 0 Å². The van der Waals surface area contributed by atoms with E-state index in [0.29, 0.717) is 12.7 Å². The van der Waals surface area contributed by atoms with Crippen LogP contribution in [0.5, 0.6) is 0 Å². The molecule has 0 aliphatic carbocycles. The number of likely N-dealkylation sites (N-methyl/N-ethyl adjacent to an activating group) is 2. The van der Waals surface area contributed by atoms with Crippen LogP contribution in [0.15, 0.2) is 24.3 Å². The van der Waals surface area contributed by atoms with Gasteiger partial charge in [0.25, 0.3) is 0 Å². The summed E-state index contributed by atoms with van der Waals surface area (Å²) in [5, 5.41) is 5.89. The maximum Gasteiger partial charge on any atom is 0.409 e. The molecule has 119 valence electrons. The second-order valence-electron chi connectivity index (χ2n) is 4.74. The van der Waals surface area contributed by atoms with E-state index in [1.165, 1.54) is 12.3 Å². The van der Waals surface area contributed by atoms with Crippen molar-refractivity contribution in [1.29, 1.82) is 0 Å². The van der Waals surface area contributed by atoms with Crippen molar-refractivity contribution in [2.45, 2.75) is 6.61 Å². The lowest BCUT2D eigenvalue weighted by atomic mass is 9.88. The molecule has 0 spiro atoms. The fourth-order valence-corrected chi connectivity index (χ4v) is 1.66. The summed E-state index contributed by atoms with van der Waals surface area (Å²) in [7, 11) is 7.34. The summed E-state index contributed by atoms with van der Waals surface area (Å²) in [4.78, 5) is 24.4. The summed E-state index contributed by atoms with van der Waals surface area (Å²) in [5.41, 5.74) is 1.71. The number of carbonyl (C=O) groups excluding carboxylic acids is 2. The van der Waals surface area contributed by atoms with Crippen molar-refractivity contribution in [2.24, 2.45) is 0 Å². The summed E-state index contributed by atoms with van der Waals surface area (Å²) in [5.74, 6) is 0. The molecular formula is C14H22BN3O3P. The summed E-state index contributed by atoms with van der Waals surface area (Å²) in [6.45, 7) is 1.53. The van der Waals surface area contributed by atoms with Crippen molar-refractivity contribution >= 4 is 34.1 Å². The number of nitrogens with one attached hydrogen (secondary N) is 2. The van der Waals surface area contributed by atoms with Gasteiger partial charge < -0.3 is 25.0 Å². The number of amides is 1. The number of hydrogen-bond donors (Lipinski definition) is 2. The summed E-state index contributed by atoms with van der Waals surface area (Å²) in [6, 6.07) is 7.37. The van der Waals surface area contributed by atoms with Gasteiger partial charge in [0.05, 0.1) is 0 Å². The molecule has 0 bridgehead atoms. The quantitative estimate of drug-likeness (QED) is 0.522. The van der Waals surface area contributed by atoms with Gasteiger partial charge in [-0.25, -0.2) is 4.79 Å². The van der Waals surface area contributed by atoms with Gasteiger partial charge in [0, 0.05) is 32.0 Å². The highest BCUT2D eigenvalue weighted by Crippen LogP contribution is 2.10. The maximum absolute atomic E-state index is 11.7. The average molecular weight is 322 g/mol. The zero-order valence-electron chi connectivity index (χ0n) is 13.0. The van der Waals surface area contributed by atoms with Gasteiger partial charge in [-0.15, -0.1) is 9.24 Å². The summed E-state index contributed by atoms with van der Waals surface area (Å²) in [6.07, 6.45) is 0.0408. The fraction of sp³-hybridized carbons (Fsp3) is 0.429. The molecule has 1 atom stereocenters. The predicted molar refractivity (Wildman–Crippen MR) is 92.1 cm³/mol. The third kappa shape index (κ3) is 6.92. The molecule has 0 aliphatic heterocycles. The number of benzene rings is 1. The largest absolute Gasteiger partial charge is 0.445 e. The molecule has 1 aromatic carbocycles. The second-order valence-corrected chi connectivity index (χ2v) is 5.14. The number of anilines is 1. The normalized spacial score (nSPS) is 9.95. The van der Waals surface area contributed by atoms with Crippen LogP contribution in [0, 0.1) is 0 Å². The molecule has 1 aromatic rings. The minimum absolute atomic E-state index is 0.00705. The van der Waals surface area contributed by atoms with Gasteiger partial charge in [0.2, 0.25) is 0 Å². The van der Waals surface area contributed by atoms with E-state index in [9.17, 15) is 9.59 Å². The molecule has 0 heterocycles. The first-order valence-corrected chi connectivity index (χ1v) is 7.82. The Morgan fingerprint density at radius 2 is 2.00 bits per heavy atom. The molecule has 8 heteroatoms. The average Bonchev–Trinajstić information content (AvgIpc) is 2.56. The Balaban J connectivity index is 2.37. The lowest BCUT2D eigenvalue weighted by Crippen LogP contribution is -2.33. The van der Waals surface area contributed by atoms with Crippen LogP contribution in [-0.2, 0) is 16.1 Å². The lowest BCUT2D eigenvalue weighted by molar-refractivity contribution is -0.109. The van der Waals surface area contributed by atoms with Crippen LogP contribution in [0.25, 0.3) is 0 Å². The summed E-state index contributed by atoms with van der Waals surface area (Å²) >= 11 is 0. The highest BCUT2D eigenvalue weighted by molar-refractivity contribution is 7.19. The molecule has 0 fully saturated rings. The van der Waals surface area contributed by atoms with Gasteiger partial charge in [0.15, 0.2) is 0 Å². The van der Waals surface area contributed by atoms with Gasteiger partial charge in [-0.05, 0) is 24.7 Å². The van der Waals surface area contributed by atoms with Gasteiger partial charge in [-0.3, -0.25) is 0 Å². The summed E-state index contributed by atoms with van der Waals surface area (Å²) < 4.78 is 5.22. The zero-order chi connectivity index (χ0) is 16.4. The Hall–Kier alpha value is -1.59. The maximum atomic E-state index is 11.7. The van der Waals surface area contributed by atoms with Crippen LogP contribution in [-0.4, -0.2) is 57.4 Å². The van der Waals surface area contributed by atoms with Gasteiger partial charge in [-0.2, -0.15) is 0 Å². The van der Waals surface area contributed by atoms with Crippen molar-refractivity contribution in [3.8, 4) is 0 Å². The monoisotopic (exact) mass is 322 g/mol. The first kappa shape index (κ1) is 18.5. The Bertz CT molecular complexity index is 485. The van der Waals surface area contributed by atoms with Crippen molar-refractivity contribution in [1.82, 2.24) is 10.2 Å². The van der Waals surface area contributed by atoms with E-state index < -0.39 is 0 Å². The third-order valence-electron chi connectivity index (χ3n) is 2.93. The molecular weight excluding hydrogens is 300 g/mol. The van der Waals surface area contributed by atoms with Crippen LogP contribution < -0.4 is 10.5 Å². The molecule has 1 unspecified atom stereocenters. The van der Waals surface area contributed by atoms with Crippen LogP contribution >= 0.6 is 9.24 Å². The van der Waals surface area contributed by atoms with Gasteiger partial charge in [0.1, 0.15) is 12.3 Å². The number of ether oxygens (including phenoxy) is 1. The van der Waals surface area contributed by atoms with Gasteiger partial charge in [-0.1, -0.05) is 12.1 Å².